The molecule has 0 unspecified atom stereocenters. The van der Waals surface area contributed by atoms with Crippen molar-refractivity contribution in [3.05, 3.63) is 40.5 Å². The van der Waals surface area contributed by atoms with Gasteiger partial charge in [-0.3, -0.25) is 0 Å². The van der Waals surface area contributed by atoms with Crippen LogP contribution >= 0.6 is 11.3 Å². The van der Waals surface area contributed by atoms with Crippen LogP contribution in [0.5, 0.6) is 0 Å². The third-order valence-corrected chi connectivity index (χ3v) is 5.83. The van der Waals surface area contributed by atoms with Crippen LogP contribution < -0.4 is 10.6 Å². The molecule has 142 valence electrons. The summed E-state index contributed by atoms with van der Waals surface area (Å²) in [6, 6.07) is 3.95. The van der Waals surface area contributed by atoms with Gasteiger partial charge in [0, 0.05) is 62.2 Å². The van der Waals surface area contributed by atoms with Gasteiger partial charge < -0.3 is 24.8 Å². The van der Waals surface area contributed by atoms with Gasteiger partial charge in [0.05, 0.1) is 0 Å². The van der Waals surface area contributed by atoms with Crippen molar-refractivity contribution in [2.75, 3.05) is 33.4 Å². The van der Waals surface area contributed by atoms with Crippen LogP contribution in [0.4, 0.5) is 4.79 Å². The van der Waals surface area contributed by atoms with Crippen LogP contribution in [-0.2, 0) is 24.2 Å². The minimum absolute atomic E-state index is 0.118. The third kappa shape index (κ3) is 4.66. The molecule has 3 heterocycles. The van der Waals surface area contributed by atoms with Crippen LogP contribution in [0, 0.1) is 0 Å². The summed E-state index contributed by atoms with van der Waals surface area (Å²) in [5.41, 5.74) is 2.66. The number of likely N-dealkylation sites (N-methyl/N-ethyl adjacent to an activating group) is 1. The van der Waals surface area contributed by atoms with Crippen LogP contribution in [0.25, 0.3) is 5.00 Å². The van der Waals surface area contributed by atoms with Crippen LogP contribution in [0.2, 0.25) is 0 Å². The summed E-state index contributed by atoms with van der Waals surface area (Å²) in [5, 5.41) is 7.15. The smallest absolute Gasteiger partial charge is 0.315 e. The third-order valence-electron chi connectivity index (χ3n) is 4.56. The summed E-state index contributed by atoms with van der Waals surface area (Å²) in [4.78, 5) is 15.9. The zero-order chi connectivity index (χ0) is 18.4. The average molecular weight is 377 g/mol. The lowest BCUT2D eigenvalue weighted by Gasteiger charge is -2.22. The van der Waals surface area contributed by atoms with Gasteiger partial charge in [0.15, 0.2) is 0 Å². The highest BCUT2D eigenvalue weighted by molar-refractivity contribution is 7.14. The Balaban J connectivity index is 1.64. The molecule has 26 heavy (non-hydrogen) atoms. The first-order valence-electron chi connectivity index (χ1n) is 9.23. The summed E-state index contributed by atoms with van der Waals surface area (Å²) < 4.78 is 7.44. The number of thiophene rings is 1. The van der Waals surface area contributed by atoms with Gasteiger partial charge in [-0.15, -0.1) is 11.3 Å². The van der Waals surface area contributed by atoms with E-state index in [1.54, 1.807) is 0 Å². The quantitative estimate of drug-likeness (QED) is 0.697. The van der Waals surface area contributed by atoms with Gasteiger partial charge in [-0.05, 0) is 44.5 Å². The molecule has 0 aliphatic carbocycles. The molecule has 0 saturated carbocycles. The highest BCUT2D eigenvalue weighted by Crippen LogP contribution is 2.35. The van der Waals surface area contributed by atoms with Crippen LogP contribution in [0.1, 0.15) is 29.3 Å². The molecule has 2 amide bonds. The normalized spacial score (nSPS) is 14.2. The topological polar surface area (TPSA) is 58.5 Å². The molecule has 0 atom stereocenters. The van der Waals surface area contributed by atoms with Crippen molar-refractivity contribution in [3.63, 3.8) is 0 Å². The van der Waals surface area contributed by atoms with Crippen LogP contribution in [0.3, 0.4) is 0 Å². The monoisotopic (exact) mass is 376 g/mol. The SMILES string of the molecule is CCOCCCNC(=O)NCc1c(-n2cccc2)sc2c1CCN(C)C2. The van der Waals surface area contributed by atoms with Gasteiger partial charge in [-0.1, -0.05) is 0 Å². The van der Waals surface area contributed by atoms with Crippen molar-refractivity contribution in [2.45, 2.75) is 32.9 Å². The van der Waals surface area contributed by atoms with Crippen LogP contribution in [-0.4, -0.2) is 48.8 Å². The summed E-state index contributed by atoms with van der Waals surface area (Å²) in [6.07, 6.45) is 6.00. The number of hydrogen-bond donors (Lipinski definition) is 2. The maximum Gasteiger partial charge on any atom is 0.315 e. The number of carbonyl (C=O) groups excluding carboxylic acids is 1. The van der Waals surface area contributed by atoms with E-state index in [4.69, 9.17) is 4.74 Å². The van der Waals surface area contributed by atoms with E-state index in [-0.39, 0.29) is 6.03 Å². The zero-order valence-electron chi connectivity index (χ0n) is 15.6. The Hall–Kier alpha value is -1.83. The van der Waals surface area contributed by atoms with Gasteiger partial charge in [0.1, 0.15) is 5.00 Å². The second-order valence-corrected chi connectivity index (χ2v) is 7.61. The Kier molecular flexibility index (Phi) is 6.71. The van der Waals surface area contributed by atoms with Gasteiger partial charge in [-0.25, -0.2) is 4.79 Å². The Morgan fingerprint density at radius 3 is 2.88 bits per heavy atom. The fraction of sp³-hybridized carbons (Fsp3) is 0.526. The van der Waals surface area contributed by atoms with Crippen LogP contribution in [0.15, 0.2) is 24.5 Å². The van der Waals surface area contributed by atoms with E-state index in [0.717, 1.165) is 25.9 Å². The molecular formula is C19H28N4O2S. The Morgan fingerprint density at radius 1 is 1.31 bits per heavy atom. The minimum Gasteiger partial charge on any atom is -0.382 e. The number of nitrogens with zero attached hydrogens (tertiary/aromatic N) is 2. The first-order chi connectivity index (χ1) is 12.7. The standard InChI is InChI=1S/C19H28N4O2S/c1-3-25-12-6-8-20-19(24)21-13-16-15-7-11-22(2)14-17(15)26-18(16)23-9-4-5-10-23/h4-5,9-10H,3,6-8,11-14H2,1-2H3,(H2,20,21,24). The van der Waals surface area contributed by atoms with E-state index in [2.05, 4.69) is 39.5 Å². The number of nitrogens with one attached hydrogen (secondary N) is 2. The van der Waals surface area contributed by atoms with Crippen molar-refractivity contribution >= 4 is 17.4 Å². The molecule has 6 nitrogen and oxygen atoms in total. The molecule has 0 spiro atoms. The molecule has 0 bridgehead atoms. The number of fused-ring (bicyclic) bond motifs is 1. The predicted octanol–water partition coefficient (Wildman–Crippen LogP) is 2.75. The number of hydrogen-bond acceptors (Lipinski definition) is 4. The zero-order valence-corrected chi connectivity index (χ0v) is 16.4. The van der Waals surface area contributed by atoms with E-state index in [1.165, 1.54) is 21.0 Å². The summed E-state index contributed by atoms with van der Waals surface area (Å²) in [5.74, 6) is 0. The highest BCUT2D eigenvalue weighted by Gasteiger charge is 2.23. The van der Waals surface area contributed by atoms with E-state index in [0.29, 0.717) is 26.3 Å². The van der Waals surface area contributed by atoms with Crippen molar-refractivity contribution in [3.8, 4) is 5.00 Å². The first kappa shape index (κ1) is 18.9. The lowest BCUT2D eigenvalue weighted by molar-refractivity contribution is 0.145. The number of carbonyl (C=O) groups is 1. The van der Waals surface area contributed by atoms with Gasteiger partial charge >= 0.3 is 6.03 Å². The fourth-order valence-electron chi connectivity index (χ4n) is 3.19. The van der Waals surface area contributed by atoms with Crippen molar-refractivity contribution in [1.29, 1.82) is 0 Å². The maximum atomic E-state index is 12.1. The van der Waals surface area contributed by atoms with Gasteiger partial charge in [0.25, 0.3) is 0 Å². The molecule has 0 saturated heterocycles. The molecule has 2 aromatic rings. The lowest BCUT2D eigenvalue weighted by atomic mass is 10.0. The number of amides is 2. The summed E-state index contributed by atoms with van der Waals surface area (Å²) >= 11 is 1.84. The Labute approximate surface area is 159 Å². The first-order valence-corrected chi connectivity index (χ1v) is 10.1. The summed E-state index contributed by atoms with van der Waals surface area (Å²) in [7, 11) is 2.16. The fourth-order valence-corrected chi connectivity index (χ4v) is 4.61. The molecule has 2 N–H and O–H groups in total. The van der Waals surface area contributed by atoms with Crippen molar-refractivity contribution in [2.24, 2.45) is 0 Å². The van der Waals surface area contributed by atoms with E-state index in [9.17, 15) is 4.79 Å². The largest absolute Gasteiger partial charge is 0.382 e. The number of ether oxygens (including phenoxy) is 1. The molecule has 1 aliphatic rings. The average Bonchev–Trinajstić information content (AvgIpc) is 3.27. The lowest BCUT2D eigenvalue weighted by Crippen LogP contribution is -2.36. The molecule has 1 aliphatic heterocycles. The highest BCUT2D eigenvalue weighted by atomic mass is 32.1. The predicted molar refractivity (Wildman–Crippen MR) is 105 cm³/mol. The molecule has 0 aromatic carbocycles. The number of aromatic nitrogens is 1. The number of urea groups is 1. The van der Waals surface area contributed by atoms with E-state index in [1.807, 2.05) is 30.4 Å². The minimum atomic E-state index is -0.118. The molecule has 0 fully saturated rings. The molecule has 2 aromatic heterocycles. The number of rotatable bonds is 8. The van der Waals surface area contributed by atoms with Crippen molar-refractivity contribution < 1.29 is 9.53 Å². The second kappa shape index (κ2) is 9.21. The van der Waals surface area contributed by atoms with Crippen molar-refractivity contribution in [1.82, 2.24) is 20.1 Å². The molecule has 7 heteroatoms. The van der Waals surface area contributed by atoms with Gasteiger partial charge in [-0.2, -0.15) is 0 Å². The molecular weight excluding hydrogens is 348 g/mol. The van der Waals surface area contributed by atoms with E-state index >= 15 is 0 Å². The summed E-state index contributed by atoms with van der Waals surface area (Å²) in [6.45, 7) is 6.60. The Bertz CT molecular complexity index is 711. The Morgan fingerprint density at radius 2 is 2.12 bits per heavy atom. The molecule has 3 rings (SSSR count). The maximum absolute atomic E-state index is 12.1. The molecule has 0 radical (unpaired) electrons. The van der Waals surface area contributed by atoms with Gasteiger partial charge in [0.2, 0.25) is 0 Å². The van der Waals surface area contributed by atoms with E-state index < -0.39 is 0 Å². The second-order valence-electron chi connectivity index (χ2n) is 6.53.